The Kier molecular flexibility index (Phi) is 11.6. The molecule has 1 unspecified atom stereocenters. The monoisotopic (exact) mass is 316 g/mol. The van der Waals surface area contributed by atoms with Crippen molar-refractivity contribution < 1.29 is 18.4 Å². The van der Waals surface area contributed by atoms with Gasteiger partial charge in [-0.25, -0.2) is 4.79 Å². The summed E-state index contributed by atoms with van der Waals surface area (Å²) in [5, 5.41) is 0. The minimum absolute atomic E-state index is 0.133. The highest BCUT2D eigenvalue weighted by atomic mass is 28.4. The average Bonchev–Trinajstić information content (AvgIpc) is 2.46. The molecule has 21 heavy (non-hydrogen) atoms. The second-order valence-corrected chi connectivity index (χ2v) is 8.87. The molecule has 5 heteroatoms. The average molecular weight is 317 g/mol. The smallest absolute Gasteiger partial charge is 0.335 e. The Morgan fingerprint density at radius 2 is 1.71 bits per heavy atom. The number of hydrogen-bond donors (Lipinski definition) is 0. The maximum atomic E-state index is 11.2. The zero-order valence-electron chi connectivity index (χ0n) is 14.2. The summed E-state index contributed by atoms with van der Waals surface area (Å²) < 4.78 is 17.3. The van der Waals surface area contributed by atoms with Crippen LogP contribution in [0.15, 0.2) is 12.7 Å². The maximum absolute atomic E-state index is 11.2. The fraction of sp³-hybridized carbons (Fsp3) is 0.812. The standard InChI is InChI=1S/C16H32O4Si/c1-6-9-12-18-21(5,19-13-10-7-2)14-11-15(4)20-16(17)8-3/h8,15H,3,6-7,9-14H2,1-2,4-5H3. The molecule has 0 saturated carbocycles. The summed E-state index contributed by atoms with van der Waals surface area (Å²) >= 11 is 0. The highest BCUT2D eigenvalue weighted by molar-refractivity contribution is 6.66. The van der Waals surface area contributed by atoms with Gasteiger partial charge in [0.2, 0.25) is 0 Å². The molecule has 4 nitrogen and oxygen atoms in total. The molecular weight excluding hydrogens is 284 g/mol. The minimum Gasteiger partial charge on any atom is -0.460 e. The van der Waals surface area contributed by atoms with Crippen LogP contribution in [0.25, 0.3) is 0 Å². The Morgan fingerprint density at radius 3 is 2.14 bits per heavy atom. The van der Waals surface area contributed by atoms with Gasteiger partial charge in [-0.15, -0.1) is 0 Å². The highest BCUT2D eigenvalue weighted by Gasteiger charge is 2.32. The molecule has 0 N–H and O–H groups in total. The number of esters is 1. The van der Waals surface area contributed by atoms with Crippen molar-refractivity contribution in [3.63, 3.8) is 0 Å². The van der Waals surface area contributed by atoms with Gasteiger partial charge in [0.05, 0.1) is 6.10 Å². The first-order chi connectivity index (χ1) is 9.97. The van der Waals surface area contributed by atoms with E-state index >= 15 is 0 Å². The molecule has 0 aromatic rings. The summed E-state index contributed by atoms with van der Waals surface area (Å²) in [7, 11) is -2.17. The second-order valence-electron chi connectivity index (χ2n) is 5.53. The van der Waals surface area contributed by atoms with E-state index in [1.807, 2.05) is 6.92 Å². The van der Waals surface area contributed by atoms with E-state index in [1.54, 1.807) is 0 Å². The van der Waals surface area contributed by atoms with Crippen molar-refractivity contribution in [2.45, 2.75) is 71.6 Å². The first-order valence-corrected chi connectivity index (χ1v) is 10.6. The van der Waals surface area contributed by atoms with Crippen molar-refractivity contribution in [2.24, 2.45) is 0 Å². The molecule has 0 aromatic heterocycles. The van der Waals surface area contributed by atoms with Gasteiger partial charge in [0, 0.05) is 19.3 Å². The zero-order valence-corrected chi connectivity index (χ0v) is 15.2. The molecule has 0 radical (unpaired) electrons. The molecular formula is C16H32O4Si. The third kappa shape index (κ3) is 10.7. The molecule has 0 amide bonds. The van der Waals surface area contributed by atoms with Gasteiger partial charge in [-0.2, -0.15) is 0 Å². The molecule has 0 aliphatic rings. The molecule has 0 fully saturated rings. The topological polar surface area (TPSA) is 44.8 Å². The van der Waals surface area contributed by atoms with Gasteiger partial charge in [-0.05, 0) is 38.8 Å². The third-order valence-corrected chi connectivity index (χ3v) is 6.13. The van der Waals surface area contributed by atoms with Crippen molar-refractivity contribution in [2.75, 3.05) is 13.2 Å². The van der Waals surface area contributed by atoms with E-state index < -0.39 is 8.56 Å². The fourth-order valence-corrected chi connectivity index (χ4v) is 4.28. The molecule has 1 atom stereocenters. The summed E-state index contributed by atoms with van der Waals surface area (Å²) in [4.78, 5) is 11.2. The number of unbranched alkanes of at least 4 members (excludes halogenated alkanes) is 2. The largest absolute Gasteiger partial charge is 0.460 e. The number of hydrogen-bond acceptors (Lipinski definition) is 4. The SMILES string of the molecule is C=CC(=O)OC(C)CC[Si](C)(OCCCC)OCCCC. The van der Waals surface area contributed by atoms with Crippen LogP contribution in [0, 0.1) is 0 Å². The lowest BCUT2D eigenvalue weighted by Crippen LogP contribution is -2.40. The number of carbonyl (C=O) groups excluding carboxylic acids is 1. The van der Waals surface area contributed by atoms with Gasteiger partial charge >= 0.3 is 14.5 Å². The lowest BCUT2D eigenvalue weighted by Gasteiger charge is -2.28. The maximum Gasteiger partial charge on any atom is 0.335 e. The zero-order chi connectivity index (χ0) is 16.1. The van der Waals surface area contributed by atoms with E-state index in [0.717, 1.165) is 51.4 Å². The Bertz CT molecular complexity index is 284. The summed E-state index contributed by atoms with van der Waals surface area (Å²) in [5.41, 5.74) is 0. The number of carbonyl (C=O) groups is 1. The molecule has 0 heterocycles. The molecule has 0 bridgehead atoms. The predicted octanol–water partition coefficient (Wildman–Crippen LogP) is 4.20. The normalized spacial score (nSPS) is 13.0. The minimum atomic E-state index is -2.17. The van der Waals surface area contributed by atoms with Crippen molar-refractivity contribution in [1.29, 1.82) is 0 Å². The number of rotatable bonds is 13. The van der Waals surface area contributed by atoms with Gasteiger partial charge in [0.25, 0.3) is 0 Å². The van der Waals surface area contributed by atoms with E-state index in [-0.39, 0.29) is 12.1 Å². The van der Waals surface area contributed by atoms with Crippen LogP contribution in [-0.4, -0.2) is 33.8 Å². The predicted molar refractivity (Wildman–Crippen MR) is 88.5 cm³/mol. The summed E-state index contributed by atoms with van der Waals surface area (Å²) in [5.74, 6) is -0.371. The summed E-state index contributed by atoms with van der Waals surface area (Å²) in [6.45, 7) is 13.2. The Hall–Kier alpha value is -0.653. The third-order valence-electron chi connectivity index (χ3n) is 3.30. The molecule has 0 aliphatic carbocycles. The van der Waals surface area contributed by atoms with Crippen LogP contribution in [-0.2, 0) is 18.4 Å². The highest BCUT2D eigenvalue weighted by Crippen LogP contribution is 2.19. The lowest BCUT2D eigenvalue weighted by molar-refractivity contribution is -0.142. The van der Waals surface area contributed by atoms with E-state index in [0.29, 0.717) is 0 Å². The fourth-order valence-electron chi connectivity index (χ4n) is 1.82. The Balaban J connectivity index is 4.29. The van der Waals surface area contributed by atoms with E-state index in [4.69, 9.17) is 13.6 Å². The van der Waals surface area contributed by atoms with Gasteiger partial charge in [-0.3, -0.25) is 0 Å². The van der Waals surface area contributed by atoms with Gasteiger partial charge < -0.3 is 13.6 Å². The molecule has 0 saturated heterocycles. The van der Waals surface area contributed by atoms with Crippen molar-refractivity contribution in [1.82, 2.24) is 0 Å². The molecule has 124 valence electrons. The van der Waals surface area contributed by atoms with E-state index in [1.165, 1.54) is 6.08 Å². The first-order valence-electron chi connectivity index (χ1n) is 8.08. The molecule has 0 rings (SSSR count). The van der Waals surface area contributed by atoms with Crippen LogP contribution in [0.5, 0.6) is 0 Å². The van der Waals surface area contributed by atoms with Crippen LogP contribution in [0.3, 0.4) is 0 Å². The molecule has 0 aliphatic heterocycles. The van der Waals surface area contributed by atoms with Crippen LogP contribution in [0.4, 0.5) is 0 Å². The van der Waals surface area contributed by atoms with Crippen LogP contribution >= 0.6 is 0 Å². The van der Waals surface area contributed by atoms with Crippen LogP contribution in [0.2, 0.25) is 12.6 Å². The van der Waals surface area contributed by atoms with Crippen molar-refractivity contribution >= 4 is 14.5 Å². The summed E-state index contributed by atoms with van der Waals surface area (Å²) in [6.07, 6.45) is 6.18. The molecule has 0 aromatic carbocycles. The Morgan fingerprint density at radius 1 is 1.19 bits per heavy atom. The number of ether oxygens (including phenoxy) is 1. The van der Waals surface area contributed by atoms with Crippen LogP contribution < -0.4 is 0 Å². The van der Waals surface area contributed by atoms with E-state index in [2.05, 4.69) is 27.0 Å². The second kappa shape index (κ2) is 11.9. The Labute approximate surface area is 131 Å². The van der Waals surface area contributed by atoms with Gasteiger partial charge in [0.1, 0.15) is 0 Å². The van der Waals surface area contributed by atoms with Gasteiger partial charge in [0.15, 0.2) is 0 Å². The van der Waals surface area contributed by atoms with Gasteiger partial charge in [-0.1, -0.05) is 33.3 Å². The van der Waals surface area contributed by atoms with Crippen molar-refractivity contribution in [3.05, 3.63) is 12.7 Å². The summed E-state index contributed by atoms with van der Waals surface area (Å²) in [6, 6.07) is 0.839. The molecule has 0 spiro atoms. The first kappa shape index (κ1) is 20.3. The van der Waals surface area contributed by atoms with E-state index in [9.17, 15) is 4.79 Å². The quantitative estimate of drug-likeness (QED) is 0.221. The van der Waals surface area contributed by atoms with Crippen molar-refractivity contribution in [3.8, 4) is 0 Å². The van der Waals surface area contributed by atoms with Crippen LogP contribution in [0.1, 0.15) is 52.9 Å². The lowest BCUT2D eigenvalue weighted by atomic mass is 10.3.